The molecule has 1 aliphatic rings. The van der Waals surface area contributed by atoms with Crippen LogP contribution in [0.1, 0.15) is 5.56 Å². The second kappa shape index (κ2) is 8.71. The Kier molecular flexibility index (Phi) is 6.29. The van der Waals surface area contributed by atoms with Gasteiger partial charge in [-0.1, -0.05) is 12.1 Å². The van der Waals surface area contributed by atoms with Crippen molar-refractivity contribution < 1.29 is 27.4 Å². The first-order valence-corrected chi connectivity index (χ1v) is 10.5. The van der Waals surface area contributed by atoms with Crippen LogP contribution in [0.5, 0.6) is 17.2 Å². The number of hydrogen-bond acceptors (Lipinski definition) is 6. The van der Waals surface area contributed by atoms with E-state index in [2.05, 4.69) is 0 Å². The highest BCUT2D eigenvalue weighted by Crippen LogP contribution is 2.32. The summed E-state index contributed by atoms with van der Waals surface area (Å²) in [5, 5.41) is 0. The van der Waals surface area contributed by atoms with Crippen LogP contribution in [-0.2, 0) is 21.4 Å². The molecule has 0 radical (unpaired) electrons. The molecule has 0 spiro atoms. The first-order valence-electron chi connectivity index (χ1n) is 9.04. The van der Waals surface area contributed by atoms with E-state index in [1.54, 1.807) is 20.2 Å². The maximum atomic E-state index is 12.9. The number of fused-ring (bicyclic) bond motifs is 1. The van der Waals surface area contributed by atoms with E-state index in [1.165, 1.54) is 24.1 Å². The highest BCUT2D eigenvalue weighted by atomic mass is 32.2. The fraction of sp³-hybridized carbons (Fsp3) is 0.350. The minimum absolute atomic E-state index is 0.0486. The summed E-state index contributed by atoms with van der Waals surface area (Å²) >= 11 is 0. The van der Waals surface area contributed by atoms with Crippen LogP contribution in [0, 0.1) is 0 Å². The normalized spacial score (nSPS) is 13.2. The van der Waals surface area contributed by atoms with Crippen LogP contribution in [0.25, 0.3) is 0 Å². The minimum atomic E-state index is -3.85. The molecule has 0 saturated heterocycles. The van der Waals surface area contributed by atoms with Crippen molar-refractivity contribution in [3.8, 4) is 17.2 Å². The van der Waals surface area contributed by atoms with Crippen LogP contribution in [0.15, 0.2) is 47.4 Å². The summed E-state index contributed by atoms with van der Waals surface area (Å²) < 4.78 is 42.8. The summed E-state index contributed by atoms with van der Waals surface area (Å²) in [5.74, 6) is 1.26. The van der Waals surface area contributed by atoms with E-state index in [9.17, 15) is 13.2 Å². The van der Waals surface area contributed by atoms with Crippen molar-refractivity contribution in [2.45, 2.75) is 11.4 Å². The van der Waals surface area contributed by atoms with Gasteiger partial charge in [-0.15, -0.1) is 0 Å². The Bertz CT molecular complexity index is 992. The number of amides is 1. The number of nitrogens with zero attached hydrogens (tertiary/aromatic N) is 2. The van der Waals surface area contributed by atoms with Crippen molar-refractivity contribution >= 4 is 15.9 Å². The minimum Gasteiger partial charge on any atom is -0.497 e. The maximum absolute atomic E-state index is 12.9. The van der Waals surface area contributed by atoms with Gasteiger partial charge in [0.05, 0.1) is 18.6 Å². The summed E-state index contributed by atoms with van der Waals surface area (Å²) in [7, 11) is 0.730. The molecule has 1 heterocycles. The largest absolute Gasteiger partial charge is 0.497 e. The van der Waals surface area contributed by atoms with E-state index in [1.807, 2.05) is 24.3 Å². The Morgan fingerprint density at radius 3 is 2.52 bits per heavy atom. The highest BCUT2D eigenvalue weighted by Gasteiger charge is 2.26. The molecule has 29 heavy (non-hydrogen) atoms. The maximum Gasteiger partial charge on any atom is 0.243 e. The lowest BCUT2D eigenvalue weighted by atomic mass is 10.2. The van der Waals surface area contributed by atoms with E-state index >= 15 is 0 Å². The molecule has 0 aromatic heterocycles. The number of hydrogen-bond donors (Lipinski definition) is 0. The lowest BCUT2D eigenvalue weighted by Crippen LogP contribution is -2.39. The van der Waals surface area contributed by atoms with Gasteiger partial charge in [0.1, 0.15) is 19.0 Å². The summed E-state index contributed by atoms with van der Waals surface area (Å²) in [6, 6.07) is 11.8. The predicted octanol–water partition coefficient (Wildman–Crippen LogP) is 1.75. The molecular weight excluding hydrogens is 396 g/mol. The van der Waals surface area contributed by atoms with Crippen LogP contribution in [0.3, 0.4) is 0 Å². The lowest BCUT2D eigenvalue weighted by Gasteiger charge is -2.23. The van der Waals surface area contributed by atoms with Gasteiger partial charge in [0.25, 0.3) is 0 Å². The predicted molar refractivity (Wildman–Crippen MR) is 107 cm³/mol. The Labute approximate surface area is 170 Å². The topological polar surface area (TPSA) is 85.4 Å². The summed E-state index contributed by atoms with van der Waals surface area (Å²) in [6.45, 7) is 0.845. The zero-order valence-corrected chi connectivity index (χ0v) is 17.4. The zero-order chi connectivity index (χ0) is 21.0. The Morgan fingerprint density at radius 1 is 1.07 bits per heavy atom. The van der Waals surface area contributed by atoms with Crippen LogP contribution < -0.4 is 14.2 Å². The standard InChI is InChI=1S/C20H24N2O6S/c1-21(13-15-5-4-6-16(11-15)26-3)20(23)14-22(2)29(24,25)17-7-8-18-19(12-17)28-10-9-27-18/h4-8,11-12H,9-10,13-14H2,1-3H3. The second-order valence-electron chi connectivity index (χ2n) is 6.67. The molecule has 8 nitrogen and oxygen atoms in total. The van der Waals surface area contributed by atoms with E-state index in [4.69, 9.17) is 14.2 Å². The van der Waals surface area contributed by atoms with Crippen LogP contribution in [-0.4, -0.2) is 64.5 Å². The van der Waals surface area contributed by atoms with Gasteiger partial charge in [-0.25, -0.2) is 8.42 Å². The molecular formula is C20H24N2O6S. The van der Waals surface area contributed by atoms with Crippen LogP contribution in [0.2, 0.25) is 0 Å². The van der Waals surface area contributed by atoms with E-state index in [0.717, 1.165) is 9.87 Å². The monoisotopic (exact) mass is 420 g/mol. The van der Waals surface area contributed by atoms with Gasteiger partial charge in [0.15, 0.2) is 11.5 Å². The van der Waals surface area contributed by atoms with Crippen molar-refractivity contribution in [3.63, 3.8) is 0 Å². The molecule has 0 unspecified atom stereocenters. The molecule has 2 aromatic rings. The summed E-state index contributed by atoms with van der Waals surface area (Å²) in [5.41, 5.74) is 0.887. The Morgan fingerprint density at radius 2 is 1.79 bits per heavy atom. The molecule has 0 N–H and O–H groups in total. The van der Waals surface area contributed by atoms with E-state index < -0.39 is 10.0 Å². The number of likely N-dealkylation sites (N-methyl/N-ethyl adjacent to an activating group) is 2. The first-order chi connectivity index (χ1) is 13.8. The van der Waals surface area contributed by atoms with E-state index in [0.29, 0.717) is 37.0 Å². The molecule has 156 valence electrons. The van der Waals surface area contributed by atoms with Gasteiger partial charge in [-0.2, -0.15) is 4.31 Å². The number of rotatable bonds is 7. The van der Waals surface area contributed by atoms with Gasteiger partial charge < -0.3 is 19.1 Å². The third-order valence-corrected chi connectivity index (χ3v) is 6.36. The fourth-order valence-electron chi connectivity index (χ4n) is 2.89. The molecule has 0 aliphatic carbocycles. The van der Waals surface area contributed by atoms with Gasteiger partial charge in [0, 0.05) is 26.7 Å². The van der Waals surface area contributed by atoms with Crippen LogP contribution in [0.4, 0.5) is 0 Å². The summed E-state index contributed by atoms with van der Waals surface area (Å²) in [6.07, 6.45) is 0. The third kappa shape index (κ3) is 4.80. The molecule has 9 heteroatoms. The fourth-order valence-corrected chi connectivity index (χ4v) is 4.03. The lowest BCUT2D eigenvalue weighted by molar-refractivity contribution is -0.130. The Balaban J connectivity index is 1.67. The van der Waals surface area contributed by atoms with Crippen molar-refractivity contribution in [2.75, 3.05) is 41.0 Å². The van der Waals surface area contributed by atoms with Gasteiger partial charge in [-0.05, 0) is 29.8 Å². The van der Waals surface area contributed by atoms with Crippen molar-refractivity contribution in [2.24, 2.45) is 0 Å². The number of benzene rings is 2. The SMILES string of the molecule is COc1cccc(CN(C)C(=O)CN(C)S(=O)(=O)c2ccc3c(c2)OCCO3)c1. The number of methoxy groups -OCH3 is 1. The third-order valence-electron chi connectivity index (χ3n) is 4.56. The first kappa shape index (κ1) is 20.9. The van der Waals surface area contributed by atoms with Gasteiger partial charge in [-0.3, -0.25) is 4.79 Å². The van der Waals surface area contributed by atoms with Crippen LogP contribution >= 0.6 is 0 Å². The van der Waals surface area contributed by atoms with Gasteiger partial charge in [0.2, 0.25) is 15.9 Å². The Hall–Kier alpha value is -2.78. The summed E-state index contributed by atoms with van der Waals surface area (Å²) in [4.78, 5) is 14.1. The van der Waals surface area contributed by atoms with Gasteiger partial charge >= 0.3 is 0 Å². The quantitative estimate of drug-likeness (QED) is 0.678. The van der Waals surface area contributed by atoms with Crippen molar-refractivity contribution in [1.82, 2.24) is 9.21 Å². The van der Waals surface area contributed by atoms with E-state index in [-0.39, 0.29) is 17.3 Å². The number of ether oxygens (including phenoxy) is 3. The smallest absolute Gasteiger partial charge is 0.243 e. The molecule has 1 aliphatic heterocycles. The average molecular weight is 420 g/mol. The molecule has 0 bridgehead atoms. The molecule has 0 fully saturated rings. The zero-order valence-electron chi connectivity index (χ0n) is 16.6. The molecule has 2 aromatic carbocycles. The average Bonchev–Trinajstić information content (AvgIpc) is 2.73. The molecule has 0 saturated carbocycles. The van der Waals surface area contributed by atoms with Crippen molar-refractivity contribution in [1.29, 1.82) is 0 Å². The highest BCUT2D eigenvalue weighted by molar-refractivity contribution is 7.89. The molecule has 0 atom stereocenters. The number of carbonyl (C=O) groups is 1. The second-order valence-corrected chi connectivity index (χ2v) is 8.71. The molecule has 1 amide bonds. The number of sulfonamides is 1. The molecule has 3 rings (SSSR count). The van der Waals surface area contributed by atoms with Crippen molar-refractivity contribution in [3.05, 3.63) is 48.0 Å². The number of carbonyl (C=O) groups excluding carboxylic acids is 1.